The zero-order valence-electron chi connectivity index (χ0n) is 9.63. The summed E-state index contributed by atoms with van der Waals surface area (Å²) in [6, 6.07) is 2.89. The smallest absolute Gasteiger partial charge is 0.243 e. The third kappa shape index (κ3) is 2.61. The first-order chi connectivity index (χ1) is 8.04. The highest BCUT2D eigenvalue weighted by Gasteiger charge is 2.31. The third-order valence-corrected chi connectivity index (χ3v) is 5.23. The summed E-state index contributed by atoms with van der Waals surface area (Å²) in [6.07, 6.45) is 3.38. The summed E-state index contributed by atoms with van der Waals surface area (Å²) in [6.45, 7) is 3.30. The number of nitrogens with zero attached hydrogens (tertiary/aromatic N) is 2. The van der Waals surface area contributed by atoms with Gasteiger partial charge in [0.1, 0.15) is 5.15 Å². The van der Waals surface area contributed by atoms with Crippen molar-refractivity contribution in [2.45, 2.75) is 24.7 Å². The molecule has 1 aromatic heterocycles. The van der Waals surface area contributed by atoms with E-state index in [0.717, 1.165) is 12.8 Å². The van der Waals surface area contributed by atoms with E-state index in [1.165, 1.54) is 22.6 Å². The molecule has 1 saturated heterocycles. The monoisotopic (exact) mass is 274 g/mol. The molecule has 94 valence electrons. The third-order valence-electron chi connectivity index (χ3n) is 3.16. The summed E-state index contributed by atoms with van der Waals surface area (Å²) >= 11 is 5.72. The average molecular weight is 275 g/mol. The molecule has 1 aliphatic rings. The van der Waals surface area contributed by atoms with Crippen LogP contribution in [0.15, 0.2) is 23.2 Å². The van der Waals surface area contributed by atoms with Crippen LogP contribution in [-0.4, -0.2) is 30.8 Å². The Morgan fingerprint density at radius 2 is 2.35 bits per heavy atom. The Labute approximate surface area is 107 Å². The van der Waals surface area contributed by atoms with E-state index in [0.29, 0.717) is 19.0 Å². The van der Waals surface area contributed by atoms with Gasteiger partial charge in [-0.2, -0.15) is 4.31 Å². The predicted octanol–water partition coefficient (Wildman–Crippen LogP) is 2.16. The van der Waals surface area contributed by atoms with Crippen molar-refractivity contribution in [1.29, 1.82) is 0 Å². The number of hydrogen-bond acceptors (Lipinski definition) is 3. The van der Waals surface area contributed by atoms with Crippen LogP contribution in [0.2, 0.25) is 5.15 Å². The maximum Gasteiger partial charge on any atom is 0.243 e. The Bertz CT molecular complexity index is 504. The minimum absolute atomic E-state index is 0.206. The molecule has 0 N–H and O–H groups in total. The Kier molecular flexibility index (Phi) is 3.70. The molecule has 1 unspecified atom stereocenters. The molecule has 0 amide bonds. The number of pyridine rings is 1. The Balaban J connectivity index is 2.25. The van der Waals surface area contributed by atoms with Gasteiger partial charge in [-0.1, -0.05) is 24.9 Å². The quantitative estimate of drug-likeness (QED) is 0.794. The molecular formula is C11H15ClN2O2S. The molecule has 0 radical (unpaired) electrons. The summed E-state index contributed by atoms with van der Waals surface area (Å²) in [7, 11) is -3.40. The van der Waals surface area contributed by atoms with Gasteiger partial charge in [0.2, 0.25) is 10.0 Å². The highest BCUT2D eigenvalue weighted by atomic mass is 35.5. The fraction of sp³-hybridized carbons (Fsp3) is 0.545. The van der Waals surface area contributed by atoms with Crippen LogP contribution in [0.1, 0.15) is 19.8 Å². The van der Waals surface area contributed by atoms with Crippen LogP contribution in [0.4, 0.5) is 0 Å². The fourth-order valence-electron chi connectivity index (χ4n) is 2.04. The topological polar surface area (TPSA) is 50.3 Å². The van der Waals surface area contributed by atoms with Crippen molar-refractivity contribution in [1.82, 2.24) is 9.29 Å². The lowest BCUT2D eigenvalue weighted by atomic mass is 10.1. The standard InChI is InChI=1S/C11H15ClN2O2S/c1-2-9-4-6-14(8-9)17(15,16)10-3-5-13-11(12)7-10/h3,5,7,9H,2,4,6,8H2,1H3. The predicted molar refractivity (Wildman–Crippen MR) is 66.4 cm³/mol. The molecule has 4 nitrogen and oxygen atoms in total. The van der Waals surface area contributed by atoms with Gasteiger partial charge in [-0.05, 0) is 24.5 Å². The van der Waals surface area contributed by atoms with Crippen molar-refractivity contribution in [3.05, 3.63) is 23.5 Å². The van der Waals surface area contributed by atoms with E-state index in [1.807, 2.05) is 0 Å². The van der Waals surface area contributed by atoms with Crippen LogP contribution in [0.5, 0.6) is 0 Å². The first kappa shape index (κ1) is 12.8. The summed E-state index contributed by atoms with van der Waals surface area (Å²) in [5.41, 5.74) is 0. The number of sulfonamides is 1. The van der Waals surface area contributed by atoms with Crippen molar-refractivity contribution in [3.8, 4) is 0 Å². The maximum atomic E-state index is 12.3. The number of halogens is 1. The lowest BCUT2D eigenvalue weighted by Crippen LogP contribution is -2.28. The molecule has 0 bridgehead atoms. The van der Waals surface area contributed by atoms with Gasteiger partial charge in [-0.25, -0.2) is 13.4 Å². The lowest BCUT2D eigenvalue weighted by molar-refractivity contribution is 0.453. The molecule has 0 aromatic carbocycles. The lowest BCUT2D eigenvalue weighted by Gasteiger charge is -2.16. The van der Waals surface area contributed by atoms with Crippen molar-refractivity contribution in [2.75, 3.05) is 13.1 Å². The maximum absolute atomic E-state index is 12.3. The van der Waals surface area contributed by atoms with Gasteiger partial charge in [0, 0.05) is 19.3 Å². The first-order valence-electron chi connectivity index (χ1n) is 5.65. The summed E-state index contributed by atoms with van der Waals surface area (Å²) in [4.78, 5) is 4.02. The Morgan fingerprint density at radius 1 is 1.59 bits per heavy atom. The Morgan fingerprint density at radius 3 is 2.94 bits per heavy atom. The summed E-state index contributed by atoms with van der Waals surface area (Å²) in [5.74, 6) is 0.474. The van der Waals surface area contributed by atoms with Gasteiger partial charge in [-0.3, -0.25) is 0 Å². The van der Waals surface area contributed by atoms with Gasteiger partial charge in [0.25, 0.3) is 0 Å². The molecule has 2 rings (SSSR count). The molecule has 0 saturated carbocycles. The van der Waals surface area contributed by atoms with Crippen LogP contribution in [0.25, 0.3) is 0 Å². The minimum atomic E-state index is -3.40. The van der Waals surface area contributed by atoms with E-state index in [1.54, 1.807) is 0 Å². The molecule has 1 aliphatic heterocycles. The zero-order valence-corrected chi connectivity index (χ0v) is 11.2. The average Bonchev–Trinajstić information content (AvgIpc) is 2.78. The van der Waals surface area contributed by atoms with E-state index >= 15 is 0 Å². The molecule has 0 aliphatic carbocycles. The van der Waals surface area contributed by atoms with E-state index in [2.05, 4.69) is 11.9 Å². The van der Waals surface area contributed by atoms with Crippen LogP contribution < -0.4 is 0 Å². The van der Waals surface area contributed by atoms with Gasteiger partial charge in [0.05, 0.1) is 4.90 Å². The van der Waals surface area contributed by atoms with Crippen molar-refractivity contribution in [3.63, 3.8) is 0 Å². The SMILES string of the molecule is CCC1CCN(S(=O)(=O)c2ccnc(Cl)c2)C1. The Hall–Kier alpha value is -0.650. The van der Waals surface area contributed by atoms with Gasteiger partial charge >= 0.3 is 0 Å². The van der Waals surface area contributed by atoms with Crippen LogP contribution in [0.3, 0.4) is 0 Å². The largest absolute Gasteiger partial charge is 0.244 e. The molecule has 17 heavy (non-hydrogen) atoms. The number of aromatic nitrogens is 1. The first-order valence-corrected chi connectivity index (χ1v) is 7.47. The molecule has 1 fully saturated rings. The fourth-order valence-corrected chi connectivity index (χ4v) is 3.83. The van der Waals surface area contributed by atoms with E-state index in [4.69, 9.17) is 11.6 Å². The number of rotatable bonds is 3. The van der Waals surface area contributed by atoms with Gasteiger partial charge < -0.3 is 0 Å². The molecule has 1 atom stereocenters. The normalized spacial score (nSPS) is 21.9. The second-order valence-electron chi connectivity index (χ2n) is 4.24. The highest BCUT2D eigenvalue weighted by molar-refractivity contribution is 7.89. The molecule has 0 spiro atoms. The molecule has 1 aromatic rings. The molecular weight excluding hydrogens is 260 g/mol. The van der Waals surface area contributed by atoms with E-state index < -0.39 is 10.0 Å². The van der Waals surface area contributed by atoms with Crippen molar-refractivity contribution >= 4 is 21.6 Å². The highest BCUT2D eigenvalue weighted by Crippen LogP contribution is 2.26. The van der Waals surface area contributed by atoms with Crippen molar-refractivity contribution in [2.24, 2.45) is 5.92 Å². The van der Waals surface area contributed by atoms with Crippen molar-refractivity contribution < 1.29 is 8.42 Å². The number of hydrogen-bond donors (Lipinski definition) is 0. The van der Waals surface area contributed by atoms with E-state index in [9.17, 15) is 8.42 Å². The van der Waals surface area contributed by atoms with Gasteiger partial charge in [-0.15, -0.1) is 0 Å². The second kappa shape index (κ2) is 4.92. The van der Waals surface area contributed by atoms with Crippen LogP contribution >= 0.6 is 11.6 Å². The summed E-state index contributed by atoms with van der Waals surface area (Å²) in [5, 5.41) is 0.206. The summed E-state index contributed by atoms with van der Waals surface area (Å²) < 4.78 is 26.1. The van der Waals surface area contributed by atoms with Gasteiger partial charge in [0.15, 0.2) is 0 Å². The minimum Gasteiger partial charge on any atom is -0.244 e. The molecule has 2 heterocycles. The zero-order chi connectivity index (χ0) is 12.5. The van der Waals surface area contributed by atoms with Crippen LogP contribution in [0, 0.1) is 5.92 Å². The second-order valence-corrected chi connectivity index (χ2v) is 6.57. The van der Waals surface area contributed by atoms with E-state index in [-0.39, 0.29) is 10.0 Å². The van der Waals surface area contributed by atoms with Crippen LogP contribution in [-0.2, 0) is 10.0 Å². The molecule has 6 heteroatoms.